The second-order valence-corrected chi connectivity index (χ2v) is 7.16. The molecule has 6 heteroatoms. The Morgan fingerprint density at radius 1 is 1.18 bits per heavy atom. The number of hydrogen-bond acceptors (Lipinski definition) is 4. The molecule has 124 valence electrons. The van der Waals surface area contributed by atoms with Crippen LogP contribution in [0.4, 0.5) is 0 Å². The number of carbonyl (C=O) groups is 2. The van der Waals surface area contributed by atoms with Gasteiger partial charge in [-0.25, -0.2) is 0 Å². The lowest BCUT2D eigenvalue weighted by atomic mass is 10.1. The van der Waals surface area contributed by atoms with Crippen LogP contribution in [0.25, 0.3) is 0 Å². The smallest absolute Gasteiger partial charge is 0.323 e. The van der Waals surface area contributed by atoms with Gasteiger partial charge in [-0.3, -0.25) is 14.5 Å². The van der Waals surface area contributed by atoms with E-state index in [2.05, 4.69) is 6.92 Å². The van der Waals surface area contributed by atoms with Gasteiger partial charge in [-0.2, -0.15) is 0 Å². The SMILES string of the molecule is CCCCCCCCCC/C=C1\SC(=S)N(CC(=O)O)C1=O. The number of carboxylic acids is 1. The first-order valence-corrected chi connectivity index (χ1v) is 9.24. The molecule has 1 aliphatic rings. The number of unbranched alkanes of at least 4 members (excludes halogenated alkanes) is 8. The number of thioether (sulfide) groups is 1. The minimum Gasteiger partial charge on any atom is -0.480 e. The molecule has 1 fully saturated rings. The van der Waals surface area contributed by atoms with E-state index in [9.17, 15) is 9.59 Å². The Bertz CT molecular complexity index is 435. The van der Waals surface area contributed by atoms with E-state index < -0.39 is 5.97 Å². The Balaban J connectivity index is 2.20. The average molecular weight is 344 g/mol. The van der Waals surface area contributed by atoms with Gasteiger partial charge in [0.05, 0.1) is 4.91 Å². The molecule has 0 bridgehead atoms. The largest absolute Gasteiger partial charge is 0.480 e. The summed E-state index contributed by atoms with van der Waals surface area (Å²) < 4.78 is 0.342. The number of allylic oxidation sites excluding steroid dienone is 1. The summed E-state index contributed by atoms with van der Waals surface area (Å²) in [5, 5.41) is 8.76. The zero-order chi connectivity index (χ0) is 16.4. The molecule has 1 saturated heterocycles. The second kappa shape index (κ2) is 10.8. The van der Waals surface area contributed by atoms with Crippen LogP contribution in [0, 0.1) is 0 Å². The van der Waals surface area contributed by atoms with E-state index in [1.807, 2.05) is 6.08 Å². The molecule has 0 spiro atoms. The topological polar surface area (TPSA) is 57.6 Å². The average Bonchev–Trinajstić information content (AvgIpc) is 2.73. The van der Waals surface area contributed by atoms with Gasteiger partial charge in [-0.15, -0.1) is 0 Å². The molecule has 1 rings (SSSR count). The number of nitrogens with zero attached hydrogens (tertiary/aromatic N) is 1. The highest BCUT2D eigenvalue weighted by molar-refractivity contribution is 8.26. The van der Waals surface area contributed by atoms with Crippen LogP contribution in [-0.4, -0.2) is 32.7 Å². The normalized spacial score (nSPS) is 16.8. The minimum absolute atomic E-state index is 0.267. The predicted octanol–water partition coefficient (Wildman–Crippen LogP) is 4.35. The molecule has 1 heterocycles. The summed E-state index contributed by atoms with van der Waals surface area (Å²) in [5.41, 5.74) is 0. The number of carboxylic acid groups (broad SMARTS) is 1. The minimum atomic E-state index is -1.04. The molecule has 0 radical (unpaired) electrons. The van der Waals surface area contributed by atoms with E-state index in [0.717, 1.165) is 17.7 Å². The first-order valence-electron chi connectivity index (χ1n) is 8.02. The summed E-state index contributed by atoms with van der Waals surface area (Å²) in [6, 6.07) is 0. The Morgan fingerprint density at radius 2 is 1.77 bits per heavy atom. The van der Waals surface area contributed by atoms with Crippen LogP contribution in [0.3, 0.4) is 0 Å². The third-order valence-electron chi connectivity index (χ3n) is 3.55. The Hall–Kier alpha value is -0.880. The van der Waals surface area contributed by atoms with Crippen molar-refractivity contribution in [3.05, 3.63) is 11.0 Å². The molecule has 1 aliphatic heterocycles. The van der Waals surface area contributed by atoms with Gasteiger partial charge in [0.1, 0.15) is 10.9 Å². The van der Waals surface area contributed by atoms with Crippen molar-refractivity contribution in [3.63, 3.8) is 0 Å². The molecule has 0 saturated carbocycles. The Labute approximate surface area is 142 Å². The van der Waals surface area contributed by atoms with Gasteiger partial charge >= 0.3 is 5.97 Å². The summed E-state index contributed by atoms with van der Waals surface area (Å²) in [7, 11) is 0. The third kappa shape index (κ3) is 6.92. The van der Waals surface area contributed by atoms with Crippen molar-refractivity contribution < 1.29 is 14.7 Å². The highest BCUT2D eigenvalue weighted by atomic mass is 32.2. The van der Waals surface area contributed by atoms with Gasteiger partial charge in [0.25, 0.3) is 5.91 Å². The van der Waals surface area contributed by atoms with E-state index in [0.29, 0.717) is 9.23 Å². The highest BCUT2D eigenvalue weighted by Crippen LogP contribution is 2.31. The lowest BCUT2D eigenvalue weighted by Crippen LogP contribution is -2.33. The maximum atomic E-state index is 12.0. The summed E-state index contributed by atoms with van der Waals surface area (Å²) in [4.78, 5) is 24.4. The van der Waals surface area contributed by atoms with Crippen molar-refractivity contribution >= 4 is 40.2 Å². The van der Waals surface area contributed by atoms with Crippen LogP contribution >= 0.6 is 24.0 Å². The van der Waals surface area contributed by atoms with Crippen LogP contribution in [0.5, 0.6) is 0 Å². The van der Waals surface area contributed by atoms with E-state index >= 15 is 0 Å². The number of aliphatic carboxylic acids is 1. The van der Waals surface area contributed by atoms with Gasteiger partial charge in [0.2, 0.25) is 0 Å². The molecule has 0 unspecified atom stereocenters. The molecular formula is C16H25NO3S2. The second-order valence-electron chi connectivity index (χ2n) is 5.48. The van der Waals surface area contributed by atoms with Crippen LogP contribution in [0.1, 0.15) is 64.7 Å². The zero-order valence-corrected chi connectivity index (χ0v) is 14.8. The van der Waals surface area contributed by atoms with Crippen LogP contribution in [0.2, 0.25) is 0 Å². The molecule has 0 aromatic carbocycles. The van der Waals surface area contributed by atoms with Crippen molar-refractivity contribution in [2.75, 3.05) is 6.54 Å². The fourth-order valence-electron chi connectivity index (χ4n) is 2.32. The lowest BCUT2D eigenvalue weighted by Gasteiger charge is -2.10. The molecule has 4 nitrogen and oxygen atoms in total. The Morgan fingerprint density at radius 3 is 2.36 bits per heavy atom. The first kappa shape index (κ1) is 19.2. The summed E-state index contributed by atoms with van der Waals surface area (Å²) in [6.45, 7) is 1.87. The van der Waals surface area contributed by atoms with Crippen LogP contribution < -0.4 is 0 Å². The van der Waals surface area contributed by atoms with Gasteiger partial charge in [0.15, 0.2) is 0 Å². The fourth-order valence-corrected chi connectivity index (χ4v) is 3.58. The summed E-state index contributed by atoms with van der Waals surface area (Å²) >= 11 is 6.25. The van der Waals surface area contributed by atoms with Crippen molar-refractivity contribution in [1.82, 2.24) is 4.90 Å². The van der Waals surface area contributed by atoms with Crippen molar-refractivity contribution in [1.29, 1.82) is 0 Å². The quantitative estimate of drug-likeness (QED) is 0.343. The molecule has 1 amide bonds. The number of carbonyl (C=O) groups excluding carboxylic acids is 1. The summed E-state index contributed by atoms with van der Waals surface area (Å²) in [6.07, 6.45) is 12.8. The monoisotopic (exact) mass is 343 g/mol. The van der Waals surface area contributed by atoms with Crippen molar-refractivity contribution in [2.45, 2.75) is 64.7 Å². The van der Waals surface area contributed by atoms with Crippen LogP contribution in [0.15, 0.2) is 11.0 Å². The number of amides is 1. The predicted molar refractivity (Wildman–Crippen MR) is 94.8 cm³/mol. The fraction of sp³-hybridized carbons (Fsp3) is 0.688. The lowest BCUT2D eigenvalue weighted by molar-refractivity contribution is -0.140. The maximum absolute atomic E-state index is 12.0. The standard InChI is InChI=1S/C16H25NO3S2/c1-2-3-4-5-6-7-8-9-10-11-13-15(20)17(12-14(18)19)16(21)22-13/h11H,2-10,12H2,1H3,(H,18,19)/b13-11-. The van der Waals surface area contributed by atoms with Gasteiger partial charge in [-0.1, -0.05) is 81.9 Å². The van der Waals surface area contributed by atoms with E-state index in [-0.39, 0.29) is 12.5 Å². The molecule has 0 aromatic heterocycles. The van der Waals surface area contributed by atoms with E-state index in [4.69, 9.17) is 17.3 Å². The third-order valence-corrected chi connectivity index (χ3v) is 4.98. The van der Waals surface area contributed by atoms with Gasteiger partial charge < -0.3 is 5.11 Å². The molecule has 0 aliphatic carbocycles. The molecule has 1 N–H and O–H groups in total. The van der Waals surface area contributed by atoms with E-state index in [1.165, 1.54) is 56.7 Å². The number of thiocarbonyl (C=S) groups is 1. The zero-order valence-electron chi connectivity index (χ0n) is 13.2. The maximum Gasteiger partial charge on any atom is 0.323 e. The van der Waals surface area contributed by atoms with Crippen molar-refractivity contribution in [3.8, 4) is 0 Å². The van der Waals surface area contributed by atoms with Crippen LogP contribution in [-0.2, 0) is 9.59 Å². The number of hydrogen-bond donors (Lipinski definition) is 1. The Kier molecular flexibility index (Phi) is 9.39. The number of rotatable bonds is 11. The highest BCUT2D eigenvalue weighted by Gasteiger charge is 2.32. The molecule has 0 aromatic rings. The summed E-state index contributed by atoms with van der Waals surface area (Å²) in [5.74, 6) is -1.31. The van der Waals surface area contributed by atoms with E-state index in [1.54, 1.807) is 0 Å². The molecule has 0 atom stereocenters. The van der Waals surface area contributed by atoms with Crippen molar-refractivity contribution in [2.24, 2.45) is 0 Å². The first-order chi connectivity index (χ1) is 10.6. The van der Waals surface area contributed by atoms with Gasteiger partial charge in [-0.05, 0) is 12.8 Å². The van der Waals surface area contributed by atoms with Gasteiger partial charge in [0, 0.05) is 0 Å². The molecule has 22 heavy (non-hydrogen) atoms. The molecular weight excluding hydrogens is 318 g/mol.